The number of rotatable bonds is 5. The van der Waals surface area contributed by atoms with Crippen molar-refractivity contribution in [3.05, 3.63) is 17.5 Å². The molecule has 0 aliphatic carbocycles. The van der Waals surface area contributed by atoms with Gasteiger partial charge in [-0.05, 0) is 11.4 Å². The molecule has 1 aromatic heterocycles. The third-order valence-corrected chi connectivity index (χ3v) is 8.79. The predicted molar refractivity (Wildman–Crippen MR) is 77.8 cm³/mol. The summed E-state index contributed by atoms with van der Waals surface area (Å²) in [6.07, 6.45) is 0. The van der Waals surface area contributed by atoms with Crippen LogP contribution in [0.1, 0.15) is 0 Å². The molecule has 1 saturated heterocycles. The van der Waals surface area contributed by atoms with E-state index in [0.717, 1.165) is 11.3 Å². The number of sulfone groups is 2. The number of ether oxygens (including phenoxy) is 1. The molecule has 0 radical (unpaired) electrons. The summed E-state index contributed by atoms with van der Waals surface area (Å²) in [4.78, 5) is 11.1. The van der Waals surface area contributed by atoms with Crippen LogP contribution < -0.4 is 5.32 Å². The quantitative estimate of drug-likeness (QED) is 0.708. The molecule has 2 atom stereocenters. The van der Waals surface area contributed by atoms with Gasteiger partial charge in [-0.3, -0.25) is 4.79 Å². The van der Waals surface area contributed by atoms with Gasteiger partial charge in [0.2, 0.25) is 0 Å². The molecule has 7 nitrogen and oxygen atoms in total. The van der Waals surface area contributed by atoms with Gasteiger partial charge in [0, 0.05) is 6.04 Å². The lowest BCUT2D eigenvalue weighted by molar-refractivity contribution is -0.139. The van der Waals surface area contributed by atoms with Gasteiger partial charge in [0.25, 0.3) is 0 Å². The molecule has 2 rings (SSSR count). The summed E-state index contributed by atoms with van der Waals surface area (Å²) in [5.41, 5.74) is 0. The highest BCUT2D eigenvalue weighted by Crippen LogP contribution is 2.28. The van der Waals surface area contributed by atoms with Crippen LogP contribution in [0.4, 0.5) is 0 Å². The Morgan fingerprint density at radius 2 is 2.19 bits per heavy atom. The molecule has 1 aromatic rings. The summed E-state index contributed by atoms with van der Waals surface area (Å²) < 4.78 is 53.1. The Morgan fingerprint density at radius 1 is 1.48 bits per heavy atom. The molecule has 10 heteroatoms. The maximum absolute atomic E-state index is 12.5. The summed E-state index contributed by atoms with van der Waals surface area (Å²) in [5.74, 6) is -1.32. The molecular weight excluding hydrogens is 338 g/mol. The van der Waals surface area contributed by atoms with Crippen LogP contribution in [0.2, 0.25) is 0 Å². The highest BCUT2D eigenvalue weighted by molar-refractivity contribution is 7.97. The molecule has 118 valence electrons. The van der Waals surface area contributed by atoms with E-state index in [2.05, 4.69) is 10.1 Å². The fourth-order valence-electron chi connectivity index (χ4n) is 2.17. The molecule has 1 fully saturated rings. The molecule has 1 aliphatic heterocycles. The topological polar surface area (TPSA) is 107 Å². The van der Waals surface area contributed by atoms with Crippen LogP contribution >= 0.6 is 11.3 Å². The second-order valence-corrected chi connectivity index (χ2v) is 10.2. The van der Waals surface area contributed by atoms with Gasteiger partial charge < -0.3 is 10.1 Å². The van der Waals surface area contributed by atoms with E-state index in [4.69, 9.17) is 0 Å². The van der Waals surface area contributed by atoms with E-state index in [1.807, 2.05) is 0 Å². The van der Waals surface area contributed by atoms with Gasteiger partial charge in [0.15, 0.2) is 19.7 Å². The van der Waals surface area contributed by atoms with Gasteiger partial charge in [0.05, 0.1) is 30.4 Å². The number of hydrogen-bond donors (Lipinski definition) is 1. The molecule has 0 bridgehead atoms. The normalized spacial score (nSPS) is 24.8. The van der Waals surface area contributed by atoms with E-state index in [1.54, 1.807) is 11.4 Å². The molecule has 0 saturated carbocycles. The van der Waals surface area contributed by atoms with Crippen molar-refractivity contribution in [1.82, 2.24) is 5.32 Å². The zero-order chi connectivity index (χ0) is 15.7. The molecule has 0 unspecified atom stereocenters. The number of nitrogens with one attached hydrogen (secondary N) is 1. The van der Waals surface area contributed by atoms with Gasteiger partial charge in [-0.1, -0.05) is 6.07 Å². The van der Waals surface area contributed by atoms with E-state index in [0.29, 0.717) is 0 Å². The smallest absolute Gasteiger partial charge is 0.319 e. The molecule has 0 spiro atoms. The van der Waals surface area contributed by atoms with Crippen LogP contribution in [0.25, 0.3) is 0 Å². The molecular formula is C11H15NO6S3. The Morgan fingerprint density at radius 3 is 2.76 bits per heavy atom. The predicted octanol–water partition coefficient (Wildman–Crippen LogP) is -0.550. The van der Waals surface area contributed by atoms with Gasteiger partial charge in [-0.25, -0.2) is 16.8 Å². The van der Waals surface area contributed by atoms with Crippen molar-refractivity contribution < 1.29 is 26.4 Å². The van der Waals surface area contributed by atoms with Crippen molar-refractivity contribution >= 4 is 37.0 Å². The Balaban J connectivity index is 2.25. The van der Waals surface area contributed by atoms with E-state index >= 15 is 0 Å². The Labute approximate surface area is 127 Å². The Kier molecular flexibility index (Phi) is 4.71. The summed E-state index contributed by atoms with van der Waals surface area (Å²) in [6.45, 7) is -0.229. The Bertz CT molecular complexity index is 707. The van der Waals surface area contributed by atoms with E-state index in [9.17, 15) is 21.6 Å². The summed E-state index contributed by atoms with van der Waals surface area (Å²) in [7, 11) is -6.00. The largest absolute Gasteiger partial charge is 0.468 e. The third-order valence-electron chi connectivity index (χ3n) is 3.21. The maximum atomic E-state index is 12.5. The lowest BCUT2D eigenvalue weighted by Gasteiger charge is -2.18. The minimum Gasteiger partial charge on any atom is -0.468 e. The lowest BCUT2D eigenvalue weighted by atomic mass is 10.2. The highest BCUT2D eigenvalue weighted by atomic mass is 32.2. The number of carbonyl (C=O) groups excluding carboxylic acids is 1. The van der Waals surface area contributed by atoms with E-state index < -0.39 is 42.7 Å². The molecule has 0 amide bonds. The fraction of sp³-hybridized carbons (Fsp3) is 0.545. The molecule has 0 aromatic carbocycles. The van der Waals surface area contributed by atoms with Gasteiger partial charge in [-0.15, -0.1) is 11.3 Å². The monoisotopic (exact) mass is 353 g/mol. The number of hydrogen-bond acceptors (Lipinski definition) is 8. The maximum Gasteiger partial charge on any atom is 0.319 e. The standard InChI is InChI=1S/C11H15NO6S3/c1-18-10(13)5-12-8-6-20(14,15)7-9(8)21(16,17)11-3-2-4-19-11/h2-4,8-9,12H,5-7H2,1H3/t8-,9-/m0/s1. The first kappa shape index (κ1) is 16.4. The number of carbonyl (C=O) groups is 1. The van der Waals surface area contributed by atoms with Gasteiger partial charge in [0.1, 0.15) is 4.21 Å². The van der Waals surface area contributed by atoms with Crippen molar-refractivity contribution in [3.63, 3.8) is 0 Å². The average molecular weight is 353 g/mol. The minimum absolute atomic E-state index is 0.134. The van der Waals surface area contributed by atoms with E-state index in [-0.39, 0.29) is 16.5 Å². The van der Waals surface area contributed by atoms with Crippen LogP contribution in [0.5, 0.6) is 0 Å². The third kappa shape index (κ3) is 3.62. The SMILES string of the molecule is COC(=O)CN[C@H]1CS(=O)(=O)C[C@@H]1S(=O)(=O)c1cccs1. The lowest BCUT2D eigenvalue weighted by Crippen LogP contribution is -2.45. The first-order valence-corrected chi connectivity index (χ1v) is 10.3. The van der Waals surface area contributed by atoms with Crippen LogP contribution in [0.3, 0.4) is 0 Å². The van der Waals surface area contributed by atoms with Gasteiger partial charge in [-0.2, -0.15) is 0 Å². The molecule has 2 heterocycles. The van der Waals surface area contributed by atoms with Crippen molar-refractivity contribution in [2.75, 3.05) is 25.2 Å². The molecule has 1 N–H and O–H groups in total. The van der Waals surface area contributed by atoms with Crippen LogP contribution in [-0.2, 0) is 29.2 Å². The number of esters is 1. The second kappa shape index (κ2) is 6.03. The molecule has 1 aliphatic rings. The van der Waals surface area contributed by atoms with Gasteiger partial charge >= 0.3 is 5.97 Å². The average Bonchev–Trinajstić information content (AvgIpc) is 3.03. The van der Waals surface area contributed by atoms with Crippen molar-refractivity contribution in [2.24, 2.45) is 0 Å². The van der Waals surface area contributed by atoms with Crippen molar-refractivity contribution in [1.29, 1.82) is 0 Å². The van der Waals surface area contributed by atoms with Crippen LogP contribution in [0, 0.1) is 0 Å². The van der Waals surface area contributed by atoms with Crippen LogP contribution in [-0.4, -0.2) is 59.3 Å². The number of thiophene rings is 1. The molecule has 21 heavy (non-hydrogen) atoms. The highest BCUT2D eigenvalue weighted by Gasteiger charge is 2.46. The second-order valence-electron chi connectivity index (χ2n) is 4.66. The first-order chi connectivity index (χ1) is 9.76. The first-order valence-electron chi connectivity index (χ1n) is 6.04. The summed E-state index contributed by atoms with van der Waals surface area (Å²) >= 11 is 1.05. The zero-order valence-corrected chi connectivity index (χ0v) is 13.6. The zero-order valence-electron chi connectivity index (χ0n) is 11.2. The Hall–Kier alpha value is -0.970. The summed E-state index contributed by atoms with van der Waals surface area (Å²) in [5, 5.41) is 3.20. The minimum atomic E-state index is -3.75. The fourth-order valence-corrected chi connectivity index (χ4v) is 8.11. The summed E-state index contributed by atoms with van der Waals surface area (Å²) in [6, 6.07) is 2.22. The number of methoxy groups -OCH3 is 1. The van der Waals surface area contributed by atoms with Crippen LogP contribution in [0.15, 0.2) is 21.7 Å². The van der Waals surface area contributed by atoms with Crippen molar-refractivity contribution in [3.8, 4) is 0 Å². The van der Waals surface area contributed by atoms with Crippen molar-refractivity contribution in [2.45, 2.75) is 15.5 Å². The van der Waals surface area contributed by atoms with E-state index in [1.165, 1.54) is 13.2 Å².